The summed E-state index contributed by atoms with van der Waals surface area (Å²) >= 11 is 0. The van der Waals surface area contributed by atoms with Crippen LogP contribution in [0.4, 0.5) is 0 Å². The molecular formula is C21H34N6O3. The van der Waals surface area contributed by atoms with Gasteiger partial charge < -0.3 is 29.0 Å². The van der Waals surface area contributed by atoms with E-state index in [1.165, 1.54) is 0 Å². The summed E-state index contributed by atoms with van der Waals surface area (Å²) in [4.78, 5) is 6.87. The van der Waals surface area contributed by atoms with Crippen molar-refractivity contribution < 1.29 is 14.2 Å². The van der Waals surface area contributed by atoms with Crippen LogP contribution in [0.15, 0.2) is 17.1 Å². The SMILES string of the molecule is COCCCNC(=NCc1nnc(C)n1C)N(C)Cc1cc(OC)c(OC)cc1C. The van der Waals surface area contributed by atoms with E-state index in [4.69, 9.17) is 19.2 Å². The Morgan fingerprint density at radius 1 is 1.13 bits per heavy atom. The number of aryl methyl sites for hydroxylation is 2. The standard InChI is InChI=1S/C21H34N6O3/c1-15-11-18(29-6)19(30-7)12-17(15)14-26(3)21(22-9-8-10-28-5)23-13-20-25-24-16(2)27(20)4/h11-12H,8-10,13-14H2,1-7H3,(H,22,23). The lowest BCUT2D eigenvalue weighted by Crippen LogP contribution is -2.39. The van der Waals surface area contributed by atoms with Crippen LogP contribution in [0.5, 0.6) is 11.5 Å². The Kier molecular flexibility index (Phi) is 8.91. The summed E-state index contributed by atoms with van der Waals surface area (Å²) in [6, 6.07) is 4.01. The number of benzene rings is 1. The van der Waals surface area contributed by atoms with E-state index in [1.807, 2.05) is 37.7 Å². The summed E-state index contributed by atoms with van der Waals surface area (Å²) in [7, 11) is 8.96. The third-order valence-corrected chi connectivity index (χ3v) is 4.97. The average molecular weight is 419 g/mol. The number of ether oxygens (including phenoxy) is 3. The Morgan fingerprint density at radius 2 is 1.83 bits per heavy atom. The molecule has 0 unspecified atom stereocenters. The number of methoxy groups -OCH3 is 3. The molecule has 1 heterocycles. The van der Waals surface area contributed by atoms with Crippen LogP contribution < -0.4 is 14.8 Å². The van der Waals surface area contributed by atoms with Crippen molar-refractivity contribution >= 4 is 5.96 Å². The zero-order chi connectivity index (χ0) is 22.1. The van der Waals surface area contributed by atoms with Crippen LogP contribution in [0.25, 0.3) is 0 Å². The van der Waals surface area contributed by atoms with Crippen LogP contribution in [-0.2, 0) is 24.9 Å². The van der Waals surface area contributed by atoms with Crippen molar-refractivity contribution in [2.24, 2.45) is 12.0 Å². The molecule has 1 N–H and O–H groups in total. The first-order valence-electron chi connectivity index (χ1n) is 9.96. The fourth-order valence-electron chi connectivity index (χ4n) is 2.99. The molecule has 0 atom stereocenters. The second-order valence-corrected chi connectivity index (χ2v) is 7.13. The molecule has 2 aromatic rings. The molecule has 0 radical (unpaired) electrons. The highest BCUT2D eigenvalue weighted by molar-refractivity contribution is 5.79. The molecule has 0 bridgehead atoms. The Labute approximate surface area is 179 Å². The molecule has 0 aliphatic heterocycles. The lowest BCUT2D eigenvalue weighted by atomic mass is 10.1. The Bertz CT molecular complexity index is 850. The number of hydrogen-bond acceptors (Lipinski definition) is 6. The second-order valence-electron chi connectivity index (χ2n) is 7.13. The summed E-state index contributed by atoms with van der Waals surface area (Å²) in [6.45, 7) is 6.56. The fourth-order valence-corrected chi connectivity index (χ4v) is 2.99. The Morgan fingerprint density at radius 3 is 2.43 bits per heavy atom. The molecule has 166 valence electrons. The average Bonchev–Trinajstić information content (AvgIpc) is 3.06. The van der Waals surface area contributed by atoms with E-state index in [0.717, 1.165) is 47.5 Å². The lowest BCUT2D eigenvalue weighted by molar-refractivity contribution is 0.195. The molecule has 0 amide bonds. The highest BCUT2D eigenvalue weighted by Crippen LogP contribution is 2.30. The van der Waals surface area contributed by atoms with E-state index < -0.39 is 0 Å². The van der Waals surface area contributed by atoms with Gasteiger partial charge in [-0.15, -0.1) is 10.2 Å². The molecule has 9 nitrogen and oxygen atoms in total. The van der Waals surface area contributed by atoms with Crippen LogP contribution in [0, 0.1) is 13.8 Å². The topological polar surface area (TPSA) is 86.0 Å². The van der Waals surface area contributed by atoms with Gasteiger partial charge in [0, 0.05) is 40.9 Å². The second kappa shape index (κ2) is 11.4. The number of nitrogens with one attached hydrogen (secondary N) is 1. The maximum Gasteiger partial charge on any atom is 0.194 e. The van der Waals surface area contributed by atoms with Crippen molar-refractivity contribution in [3.8, 4) is 11.5 Å². The van der Waals surface area contributed by atoms with Gasteiger partial charge in [0.25, 0.3) is 0 Å². The van der Waals surface area contributed by atoms with Gasteiger partial charge in [0.1, 0.15) is 12.4 Å². The summed E-state index contributed by atoms with van der Waals surface area (Å²) < 4.78 is 18.0. The minimum atomic E-state index is 0.444. The van der Waals surface area contributed by atoms with Crippen LogP contribution in [0.1, 0.15) is 29.2 Å². The molecule has 9 heteroatoms. The first-order valence-corrected chi connectivity index (χ1v) is 9.96. The molecule has 2 rings (SSSR count). The molecule has 0 saturated heterocycles. The van der Waals surface area contributed by atoms with Crippen molar-refractivity contribution in [3.63, 3.8) is 0 Å². The largest absolute Gasteiger partial charge is 0.493 e. The maximum atomic E-state index is 5.47. The van der Waals surface area contributed by atoms with Gasteiger partial charge in [0.2, 0.25) is 0 Å². The zero-order valence-corrected chi connectivity index (χ0v) is 19.2. The van der Waals surface area contributed by atoms with Gasteiger partial charge in [0.05, 0.1) is 14.2 Å². The highest BCUT2D eigenvalue weighted by atomic mass is 16.5. The number of aliphatic imine (C=N–C) groups is 1. The van der Waals surface area contributed by atoms with Crippen molar-refractivity contribution in [2.75, 3.05) is 41.5 Å². The van der Waals surface area contributed by atoms with Crippen molar-refractivity contribution in [1.29, 1.82) is 0 Å². The Hall–Kier alpha value is -2.81. The minimum Gasteiger partial charge on any atom is -0.493 e. The van der Waals surface area contributed by atoms with E-state index in [9.17, 15) is 0 Å². The van der Waals surface area contributed by atoms with Crippen LogP contribution in [0.2, 0.25) is 0 Å². The van der Waals surface area contributed by atoms with E-state index >= 15 is 0 Å². The summed E-state index contributed by atoms with van der Waals surface area (Å²) in [5.74, 6) is 3.92. The molecule has 30 heavy (non-hydrogen) atoms. The number of nitrogens with zero attached hydrogens (tertiary/aromatic N) is 5. The van der Waals surface area contributed by atoms with E-state index in [1.54, 1.807) is 21.3 Å². The first kappa shape index (κ1) is 23.5. The molecule has 1 aromatic heterocycles. The number of rotatable bonds is 10. The van der Waals surface area contributed by atoms with Gasteiger partial charge >= 0.3 is 0 Å². The third kappa shape index (κ3) is 6.09. The maximum absolute atomic E-state index is 5.47. The third-order valence-electron chi connectivity index (χ3n) is 4.97. The van der Waals surface area contributed by atoms with Gasteiger partial charge in [0.15, 0.2) is 23.3 Å². The molecular weight excluding hydrogens is 384 g/mol. The van der Waals surface area contributed by atoms with Crippen LogP contribution >= 0.6 is 0 Å². The van der Waals surface area contributed by atoms with Gasteiger partial charge in [-0.3, -0.25) is 0 Å². The van der Waals surface area contributed by atoms with Crippen LogP contribution in [0.3, 0.4) is 0 Å². The molecule has 0 aliphatic carbocycles. The van der Waals surface area contributed by atoms with Gasteiger partial charge in [-0.25, -0.2) is 4.99 Å². The number of aromatic nitrogens is 3. The molecule has 1 aromatic carbocycles. The lowest BCUT2D eigenvalue weighted by Gasteiger charge is -2.24. The van der Waals surface area contributed by atoms with E-state index in [0.29, 0.717) is 25.4 Å². The molecule has 0 aliphatic rings. The van der Waals surface area contributed by atoms with Crippen LogP contribution in [-0.4, -0.2) is 67.2 Å². The molecule has 0 spiro atoms. The van der Waals surface area contributed by atoms with Gasteiger partial charge in [-0.2, -0.15) is 0 Å². The first-order chi connectivity index (χ1) is 14.4. The monoisotopic (exact) mass is 418 g/mol. The van der Waals surface area contributed by atoms with E-state index in [-0.39, 0.29) is 0 Å². The predicted octanol–water partition coefficient (Wildman–Crippen LogP) is 2.06. The quantitative estimate of drug-likeness (QED) is 0.359. The number of hydrogen-bond donors (Lipinski definition) is 1. The molecule has 0 saturated carbocycles. The normalized spacial score (nSPS) is 11.5. The predicted molar refractivity (Wildman–Crippen MR) is 117 cm³/mol. The van der Waals surface area contributed by atoms with Crippen molar-refractivity contribution in [2.45, 2.75) is 33.4 Å². The van der Waals surface area contributed by atoms with Gasteiger partial charge in [-0.1, -0.05) is 0 Å². The summed E-state index contributed by atoms with van der Waals surface area (Å²) in [5.41, 5.74) is 2.26. The fraction of sp³-hybridized carbons (Fsp3) is 0.571. The minimum absolute atomic E-state index is 0.444. The summed E-state index contributed by atoms with van der Waals surface area (Å²) in [6.07, 6.45) is 0.891. The van der Waals surface area contributed by atoms with E-state index in [2.05, 4.69) is 27.3 Å². The molecule has 0 fully saturated rings. The van der Waals surface area contributed by atoms with Crippen molar-refractivity contribution in [1.82, 2.24) is 25.0 Å². The zero-order valence-electron chi connectivity index (χ0n) is 19.2. The Balaban J connectivity index is 2.20. The highest BCUT2D eigenvalue weighted by Gasteiger charge is 2.13. The smallest absolute Gasteiger partial charge is 0.194 e. The summed E-state index contributed by atoms with van der Waals surface area (Å²) in [5, 5.41) is 11.7. The van der Waals surface area contributed by atoms with Crippen molar-refractivity contribution in [3.05, 3.63) is 34.9 Å². The number of guanidine groups is 1. The van der Waals surface area contributed by atoms with Gasteiger partial charge in [-0.05, 0) is 43.5 Å².